The van der Waals surface area contributed by atoms with E-state index in [9.17, 15) is 5.11 Å². The second-order valence-corrected chi connectivity index (χ2v) is 5.17. The van der Waals surface area contributed by atoms with Gasteiger partial charge in [0.05, 0.1) is 6.61 Å². The van der Waals surface area contributed by atoms with E-state index in [0.717, 1.165) is 5.56 Å². The highest BCUT2D eigenvalue weighted by atomic mass is 16.3. The van der Waals surface area contributed by atoms with Crippen molar-refractivity contribution in [2.45, 2.75) is 6.61 Å². The van der Waals surface area contributed by atoms with Gasteiger partial charge in [-0.1, -0.05) is 48.5 Å². The molecule has 1 aliphatic rings. The van der Waals surface area contributed by atoms with E-state index < -0.39 is 0 Å². The number of rotatable bonds is 2. The molecule has 20 heavy (non-hydrogen) atoms. The van der Waals surface area contributed by atoms with E-state index in [2.05, 4.69) is 60.7 Å². The molecule has 0 saturated heterocycles. The van der Waals surface area contributed by atoms with Crippen LogP contribution in [-0.4, -0.2) is 5.11 Å². The van der Waals surface area contributed by atoms with Crippen molar-refractivity contribution < 1.29 is 5.11 Å². The van der Waals surface area contributed by atoms with Gasteiger partial charge in [0.1, 0.15) is 0 Å². The molecule has 0 bridgehead atoms. The predicted molar refractivity (Wildman–Crippen MR) is 83.3 cm³/mol. The van der Waals surface area contributed by atoms with Crippen LogP contribution < -0.4 is 0 Å². The third-order valence-corrected chi connectivity index (χ3v) is 3.93. The molecule has 0 radical (unpaired) electrons. The van der Waals surface area contributed by atoms with Crippen molar-refractivity contribution in [1.82, 2.24) is 0 Å². The molecule has 0 aromatic heterocycles. The van der Waals surface area contributed by atoms with Gasteiger partial charge in [-0.2, -0.15) is 0 Å². The van der Waals surface area contributed by atoms with Crippen molar-refractivity contribution >= 4 is 22.4 Å². The quantitative estimate of drug-likeness (QED) is 0.570. The second-order valence-electron chi connectivity index (χ2n) is 5.17. The Kier molecular flexibility index (Phi) is 2.48. The summed E-state index contributed by atoms with van der Waals surface area (Å²) in [5.41, 5.74) is 5.93. The van der Waals surface area contributed by atoms with Gasteiger partial charge in [-0.15, -0.1) is 0 Å². The summed E-state index contributed by atoms with van der Waals surface area (Å²) in [6, 6.07) is 21.0. The van der Waals surface area contributed by atoms with Crippen molar-refractivity contribution in [3.63, 3.8) is 0 Å². The van der Waals surface area contributed by atoms with Gasteiger partial charge in [0, 0.05) is 0 Å². The monoisotopic (exact) mass is 258 g/mol. The highest BCUT2D eigenvalue weighted by molar-refractivity contribution is 6.13. The lowest BCUT2D eigenvalue weighted by Crippen LogP contribution is -1.90. The lowest BCUT2D eigenvalue weighted by atomic mass is 9.96. The van der Waals surface area contributed by atoms with Crippen LogP contribution in [0.3, 0.4) is 0 Å². The van der Waals surface area contributed by atoms with Crippen LogP contribution in [0.4, 0.5) is 0 Å². The fourth-order valence-corrected chi connectivity index (χ4v) is 3.03. The van der Waals surface area contributed by atoms with Gasteiger partial charge in [0.2, 0.25) is 0 Å². The first-order valence-corrected chi connectivity index (χ1v) is 6.81. The third-order valence-electron chi connectivity index (χ3n) is 3.93. The minimum Gasteiger partial charge on any atom is -0.392 e. The lowest BCUT2D eigenvalue weighted by molar-refractivity contribution is 0.282. The molecule has 1 nitrogen and oxygen atoms in total. The predicted octanol–water partition coefficient (Wildman–Crippen LogP) is 4.23. The number of aliphatic hydroxyl groups excluding tert-OH is 1. The zero-order valence-corrected chi connectivity index (χ0v) is 11.0. The van der Waals surface area contributed by atoms with Crippen LogP contribution in [-0.2, 0) is 6.61 Å². The largest absolute Gasteiger partial charge is 0.392 e. The summed E-state index contributed by atoms with van der Waals surface area (Å²) < 4.78 is 0. The zero-order valence-electron chi connectivity index (χ0n) is 11.0. The van der Waals surface area contributed by atoms with E-state index in [0.29, 0.717) is 0 Å². The highest BCUT2D eigenvalue weighted by Gasteiger charge is 2.18. The molecule has 0 aliphatic heterocycles. The maximum absolute atomic E-state index is 9.47. The fourth-order valence-electron chi connectivity index (χ4n) is 3.03. The molecule has 1 N–H and O–H groups in total. The Morgan fingerprint density at radius 3 is 2.50 bits per heavy atom. The Bertz CT molecular complexity index is 829. The van der Waals surface area contributed by atoms with Crippen molar-refractivity contribution in [3.05, 3.63) is 82.9 Å². The Labute approximate surface area is 117 Å². The van der Waals surface area contributed by atoms with E-state index >= 15 is 0 Å². The lowest BCUT2D eigenvalue weighted by Gasteiger charge is -2.09. The standard InChI is InChI=1S/C19H14O/c20-12-13-9-15-7-4-8-16-11-17(18(10-13)19(15)16)14-5-2-1-3-6-14/h1-11,20H,12H2. The molecule has 0 amide bonds. The summed E-state index contributed by atoms with van der Waals surface area (Å²) in [7, 11) is 0. The number of aliphatic hydroxyl groups is 1. The summed E-state index contributed by atoms with van der Waals surface area (Å²) in [5.74, 6) is 0. The molecule has 4 rings (SSSR count). The van der Waals surface area contributed by atoms with Gasteiger partial charge in [-0.05, 0) is 56.8 Å². The molecule has 0 heterocycles. The molecular weight excluding hydrogens is 244 g/mol. The minimum absolute atomic E-state index is 0.0786. The summed E-state index contributed by atoms with van der Waals surface area (Å²) in [5, 5.41) is 12.0. The van der Waals surface area contributed by atoms with Crippen LogP contribution in [0.2, 0.25) is 0 Å². The van der Waals surface area contributed by atoms with Crippen LogP contribution >= 0.6 is 0 Å². The smallest absolute Gasteiger partial charge is 0.0682 e. The van der Waals surface area contributed by atoms with Gasteiger partial charge in [-0.25, -0.2) is 0 Å². The summed E-state index contributed by atoms with van der Waals surface area (Å²) in [6.45, 7) is 0.0786. The van der Waals surface area contributed by atoms with Gasteiger partial charge in [-0.3, -0.25) is 0 Å². The first-order chi connectivity index (χ1) is 9.86. The van der Waals surface area contributed by atoms with Crippen LogP contribution in [0, 0.1) is 0 Å². The molecule has 0 atom stereocenters. The molecule has 96 valence electrons. The summed E-state index contributed by atoms with van der Waals surface area (Å²) in [4.78, 5) is 0. The summed E-state index contributed by atoms with van der Waals surface area (Å²) in [6.07, 6.45) is 2.24. The van der Waals surface area contributed by atoms with E-state index in [-0.39, 0.29) is 6.61 Å². The van der Waals surface area contributed by atoms with Crippen molar-refractivity contribution in [2.75, 3.05) is 0 Å². The van der Waals surface area contributed by atoms with E-state index in [1.807, 2.05) is 6.07 Å². The molecule has 3 aromatic rings. The van der Waals surface area contributed by atoms with Crippen LogP contribution in [0.25, 0.3) is 22.4 Å². The minimum atomic E-state index is 0.0786. The van der Waals surface area contributed by atoms with E-state index in [1.165, 1.54) is 33.0 Å². The van der Waals surface area contributed by atoms with Crippen LogP contribution in [0.15, 0.2) is 60.7 Å². The Morgan fingerprint density at radius 2 is 1.70 bits per heavy atom. The van der Waals surface area contributed by atoms with Crippen molar-refractivity contribution in [2.24, 2.45) is 0 Å². The first kappa shape index (κ1) is 11.4. The Hall–Kier alpha value is -2.38. The molecule has 0 saturated carbocycles. The number of hydrogen-bond donors (Lipinski definition) is 1. The maximum Gasteiger partial charge on any atom is 0.0682 e. The SMILES string of the molecule is OCc1cc2c3c(cccc3c1)C=C2c1ccccc1. The van der Waals surface area contributed by atoms with Gasteiger partial charge >= 0.3 is 0 Å². The molecule has 0 spiro atoms. The van der Waals surface area contributed by atoms with Crippen LogP contribution in [0.1, 0.15) is 22.3 Å². The molecule has 0 fully saturated rings. The molecule has 1 heteroatoms. The Morgan fingerprint density at radius 1 is 0.850 bits per heavy atom. The average molecular weight is 258 g/mol. The highest BCUT2D eigenvalue weighted by Crippen LogP contribution is 2.40. The van der Waals surface area contributed by atoms with E-state index in [1.54, 1.807) is 0 Å². The fraction of sp³-hybridized carbons (Fsp3) is 0.0526. The average Bonchev–Trinajstić information content (AvgIpc) is 2.89. The van der Waals surface area contributed by atoms with Crippen LogP contribution in [0.5, 0.6) is 0 Å². The zero-order chi connectivity index (χ0) is 13.5. The summed E-state index contributed by atoms with van der Waals surface area (Å²) >= 11 is 0. The number of benzene rings is 3. The van der Waals surface area contributed by atoms with Gasteiger partial charge < -0.3 is 5.11 Å². The van der Waals surface area contributed by atoms with Gasteiger partial charge in [0.15, 0.2) is 0 Å². The first-order valence-electron chi connectivity index (χ1n) is 6.81. The third kappa shape index (κ3) is 1.60. The Balaban J connectivity index is 2.03. The molecule has 0 unspecified atom stereocenters. The van der Waals surface area contributed by atoms with E-state index in [4.69, 9.17) is 0 Å². The second kappa shape index (κ2) is 4.32. The normalized spacial score (nSPS) is 12.8. The van der Waals surface area contributed by atoms with Gasteiger partial charge in [0.25, 0.3) is 0 Å². The van der Waals surface area contributed by atoms with Crippen molar-refractivity contribution in [3.8, 4) is 0 Å². The molecule has 3 aromatic carbocycles. The molecule has 1 aliphatic carbocycles. The maximum atomic E-state index is 9.47. The molecular formula is C19H14O. The number of hydrogen-bond acceptors (Lipinski definition) is 1. The van der Waals surface area contributed by atoms with Crippen molar-refractivity contribution in [1.29, 1.82) is 0 Å². The topological polar surface area (TPSA) is 20.2 Å².